The van der Waals surface area contributed by atoms with E-state index in [1.165, 1.54) is 43.3 Å². The molecular formula is C32H49N5O2Si. The van der Waals surface area contributed by atoms with Crippen LogP contribution in [-0.2, 0) is 15.8 Å². The van der Waals surface area contributed by atoms with Crippen LogP contribution in [-0.4, -0.2) is 65.6 Å². The normalized spacial score (nSPS) is 24.3. The predicted octanol–water partition coefficient (Wildman–Crippen LogP) is 7.09. The van der Waals surface area contributed by atoms with Crippen molar-refractivity contribution in [3.63, 3.8) is 0 Å². The molecule has 0 amide bonds. The van der Waals surface area contributed by atoms with Crippen molar-refractivity contribution in [1.29, 1.82) is 0 Å². The maximum absolute atomic E-state index is 6.71. The highest BCUT2D eigenvalue weighted by Crippen LogP contribution is 2.40. The molecule has 218 valence electrons. The molecule has 0 bridgehead atoms. The summed E-state index contributed by atoms with van der Waals surface area (Å²) in [5.74, 6) is 2.12. The first-order valence-corrected chi connectivity index (χ1v) is 18.1. The fourth-order valence-electron chi connectivity index (χ4n) is 6.20. The van der Waals surface area contributed by atoms with Crippen molar-refractivity contribution in [3.05, 3.63) is 48.3 Å². The van der Waals surface area contributed by atoms with Crippen LogP contribution in [0.25, 0.3) is 16.6 Å². The number of nitrogens with zero attached hydrogens (tertiary/aromatic N) is 5. The minimum absolute atomic E-state index is 0.123. The molecule has 8 heteroatoms. The highest BCUT2D eigenvalue weighted by molar-refractivity contribution is 6.74. The Balaban J connectivity index is 1.21. The molecule has 0 saturated heterocycles. The van der Waals surface area contributed by atoms with E-state index in [1.54, 1.807) is 0 Å². The van der Waals surface area contributed by atoms with Gasteiger partial charge in [-0.2, -0.15) is 5.10 Å². The Labute approximate surface area is 241 Å². The van der Waals surface area contributed by atoms with Gasteiger partial charge in [-0.25, -0.2) is 14.5 Å². The summed E-state index contributed by atoms with van der Waals surface area (Å²) in [7, 11) is 2.54. The van der Waals surface area contributed by atoms with Crippen molar-refractivity contribution in [2.75, 3.05) is 20.6 Å². The number of rotatable bonds is 9. The van der Waals surface area contributed by atoms with Crippen LogP contribution in [0.4, 0.5) is 0 Å². The van der Waals surface area contributed by atoms with E-state index in [9.17, 15) is 0 Å². The molecule has 3 aromatic heterocycles. The minimum atomic E-state index is -1.82. The van der Waals surface area contributed by atoms with E-state index in [0.29, 0.717) is 12.5 Å². The Bertz CT molecular complexity index is 1260. The summed E-state index contributed by atoms with van der Waals surface area (Å²) in [6.45, 7) is 13.1. The van der Waals surface area contributed by atoms with Gasteiger partial charge in [0.15, 0.2) is 14.1 Å². The lowest BCUT2D eigenvalue weighted by atomic mass is 9.79. The van der Waals surface area contributed by atoms with Gasteiger partial charge < -0.3 is 14.1 Å². The third-order valence-electron chi connectivity index (χ3n) is 9.57. The second-order valence-corrected chi connectivity index (χ2v) is 18.7. The first-order valence-electron chi connectivity index (χ1n) is 15.2. The van der Waals surface area contributed by atoms with E-state index < -0.39 is 8.32 Å². The maximum Gasteiger partial charge on any atom is 0.192 e. The number of hydrogen-bond acceptors (Lipinski definition) is 6. The molecular weight excluding hydrogens is 514 g/mol. The van der Waals surface area contributed by atoms with E-state index in [2.05, 4.69) is 92.5 Å². The lowest BCUT2D eigenvalue weighted by Crippen LogP contribution is -2.46. The molecule has 3 heterocycles. The molecule has 0 N–H and O–H groups in total. The van der Waals surface area contributed by atoms with Gasteiger partial charge in [0.05, 0.1) is 23.9 Å². The quantitative estimate of drug-likeness (QED) is 0.259. The molecule has 2 atom stereocenters. The molecule has 2 aliphatic rings. The second kappa shape index (κ2) is 12.0. The summed E-state index contributed by atoms with van der Waals surface area (Å²) in [6, 6.07) is 4.36. The van der Waals surface area contributed by atoms with Gasteiger partial charge in [-0.05, 0) is 107 Å². The fraction of sp³-hybridized carbons (Fsp3) is 0.656. The monoisotopic (exact) mass is 563 g/mol. The second-order valence-electron chi connectivity index (χ2n) is 13.9. The van der Waals surface area contributed by atoms with Crippen molar-refractivity contribution in [3.8, 4) is 11.1 Å². The van der Waals surface area contributed by atoms with Gasteiger partial charge in [0.2, 0.25) is 0 Å². The molecule has 5 rings (SSSR count). The molecule has 3 aromatic rings. The summed E-state index contributed by atoms with van der Waals surface area (Å²) in [5, 5.41) is 4.87. The summed E-state index contributed by atoms with van der Waals surface area (Å²) < 4.78 is 15.0. The third kappa shape index (κ3) is 6.67. The average Bonchev–Trinajstić information content (AvgIpc) is 3.53. The molecule has 2 aliphatic carbocycles. The van der Waals surface area contributed by atoms with Crippen LogP contribution in [0.3, 0.4) is 0 Å². The lowest BCUT2D eigenvalue weighted by molar-refractivity contribution is -0.0244. The first kappa shape index (κ1) is 29.4. The standard InChI is InChI=1S/C32H49N5O2Si/c1-32(2,3)40(6,7)39-30-10-8-9-29(30)38-22-31-33-18-26(19-34-31)25-15-16-37-28(17-25)27(20-35-37)24-13-11-23(12-14-24)21-36(4)5/h15-20,23-24,29-30H,8-14,21-22H2,1-7H3/t23?,24?,29-,30-/m0/s1. The molecule has 0 unspecified atom stereocenters. The van der Waals surface area contributed by atoms with Gasteiger partial charge in [-0.3, -0.25) is 0 Å². The van der Waals surface area contributed by atoms with E-state index in [-0.39, 0.29) is 17.2 Å². The number of aromatic nitrogens is 4. The highest BCUT2D eigenvalue weighted by atomic mass is 28.4. The molecule has 2 saturated carbocycles. The van der Waals surface area contributed by atoms with Gasteiger partial charge in [-0.1, -0.05) is 20.8 Å². The Hall–Kier alpha value is -2.13. The van der Waals surface area contributed by atoms with E-state index >= 15 is 0 Å². The molecule has 40 heavy (non-hydrogen) atoms. The molecule has 0 aromatic carbocycles. The van der Waals surface area contributed by atoms with E-state index in [0.717, 1.165) is 42.1 Å². The third-order valence-corrected chi connectivity index (χ3v) is 14.1. The SMILES string of the molecule is CN(C)CC1CCC(c2cnn3ccc(-c4cnc(CO[C@H]5CCC[C@@H]5O[Si](C)(C)C(C)(C)C)nc4)cc23)CC1. The van der Waals surface area contributed by atoms with Gasteiger partial charge in [0, 0.05) is 36.3 Å². The van der Waals surface area contributed by atoms with Crippen LogP contribution in [0.1, 0.15) is 83.0 Å². The predicted molar refractivity (Wildman–Crippen MR) is 164 cm³/mol. The fourth-order valence-corrected chi connectivity index (χ4v) is 7.58. The van der Waals surface area contributed by atoms with Crippen molar-refractivity contribution in [2.45, 2.75) is 109 Å². The van der Waals surface area contributed by atoms with Crippen molar-refractivity contribution < 1.29 is 9.16 Å². The van der Waals surface area contributed by atoms with Crippen molar-refractivity contribution in [2.24, 2.45) is 5.92 Å². The Morgan fingerprint density at radius 1 is 0.950 bits per heavy atom. The lowest BCUT2D eigenvalue weighted by Gasteiger charge is -2.39. The van der Waals surface area contributed by atoms with E-state index in [1.807, 2.05) is 16.9 Å². The van der Waals surface area contributed by atoms with Crippen LogP contribution in [0.5, 0.6) is 0 Å². The van der Waals surface area contributed by atoms with Gasteiger partial charge in [0.1, 0.15) is 6.61 Å². The van der Waals surface area contributed by atoms with Crippen LogP contribution in [0, 0.1) is 5.92 Å². The summed E-state index contributed by atoms with van der Waals surface area (Å²) in [5.41, 5.74) is 4.73. The number of fused-ring (bicyclic) bond motifs is 1. The van der Waals surface area contributed by atoms with E-state index in [4.69, 9.17) is 9.16 Å². The van der Waals surface area contributed by atoms with Crippen molar-refractivity contribution >= 4 is 13.8 Å². The topological polar surface area (TPSA) is 64.8 Å². The average molecular weight is 564 g/mol. The van der Waals surface area contributed by atoms with Crippen molar-refractivity contribution in [1.82, 2.24) is 24.5 Å². The highest BCUT2D eigenvalue weighted by Gasteiger charge is 2.42. The molecule has 0 radical (unpaired) electrons. The number of hydrogen-bond donors (Lipinski definition) is 0. The first-order chi connectivity index (χ1) is 19.0. The number of pyridine rings is 1. The smallest absolute Gasteiger partial charge is 0.192 e. The Kier molecular flexibility index (Phi) is 8.81. The molecule has 0 aliphatic heterocycles. The zero-order chi connectivity index (χ0) is 28.5. The van der Waals surface area contributed by atoms with Crippen LogP contribution >= 0.6 is 0 Å². The summed E-state index contributed by atoms with van der Waals surface area (Å²) in [6.07, 6.45) is 16.6. The molecule has 0 spiro atoms. The zero-order valence-corrected chi connectivity index (χ0v) is 26.7. The minimum Gasteiger partial charge on any atom is -0.411 e. The maximum atomic E-state index is 6.71. The molecule has 7 nitrogen and oxygen atoms in total. The number of ether oxygens (including phenoxy) is 1. The van der Waals surface area contributed by atoms with Crippen LogP contribution in [0.15, 0.2) is 36.9 Å². The Morgan fingerprint density at radius 3 is 2.33 bits per heavy atom. The van der Waals surface area contributed by atoms with Gasteiger partial charge in [-0.15, -0.1) is 0 Å². The Morgan fingerprint density at radius 2 is 1.65 bits per heavy atom. The van der Waals surface area contributed by atoms with Crippen LogP contribution in [0.2, 0.25) is 18.1 Å². The zero-order valence-electron chi connectivity index (χ0n) is 25.7. The van der Waals surface area contributed by atoms with Gasteiger partial charge in [0.25, 0.3) is 0 Å². The summed E-state index contributed by atoms with van der Waals surface area (Å²) in [4.78, 5) is 11.7. The van der Waals surface area contributed by atoms with Crippen LogP contribution < -0.4 is 0 Å². The van der Waals surface area contributed by atoms with Gasteiger partial charge >= 0.3 is 0 Å². The largest absolute Gasteiger partial charge is 0.411 e. The molecule has 2 fully saturated rings. The summed E-state index contributed by atoms with van der Waals surface area (Å²) >= 11 is 0.